The quantitative estimate of drug-likeness (QED) is 0.520. The van der Waals surface area contributed by atoms with Crippen molar-refractivity contribution in [2.45, 2.75) is 13.3 Å². The lowest BCUT2D eigenvalue weighted by Crippen LogP contribution is -2.27. The molecular formula is C25H23N3O. The summed E-state index contributed by atoms with van der Waals surface area (Å²) in [7, 11) is 0. The zero-order valence-corrected chi connectivity index (χ0v) is 16.4. The summed E-state index contributed by atoms with van der Waals surface area (Å²) >= 11 is 0. The maximum atomic E-state index is 13.0. The molecule has 0 aliphatic carbocycles. The highest BCUT2D eigenvalue weighted by molar-refractivity contribution is 5.94. The number of rotatable bonds is 6. The van der Waals surface area contributed by atoms with E-state index in [0.29, 0.717) is 12.2 Å². The van der Waals surface area contributed by atoms with Crippen molar-refractivity contribution in [1.82, 2.24) is 15.1 Å². The van der Waals surface area contributed by atoms with Crippen molar-refractivity contribution in [3.8, 4) is 16.9 Å². The number of aromatic nitrogens is 2. The van der Waals surface area contributed by atoms with Gasteiger partial charge in [0.25, 0.3) is 5.91 Å². The van der Waals surface area contributed by atoms with E-state index in [1.807, 2.05) is 85.8 Å². The standard InChI is InChI=1S/C25H23N3O/c1-19-9-8-14-22(17-19)28-24(18-23(27-28)21-12-6-3-7-13-21)25(29)26-16-15-20-10-4-2-5-11-20/h2-14,17-18H,15-16H2,1H3,(H,26,29). The summed E-state index contributed by atoms with van der Waals surface area (Å²) in [5, 5.41) is 7.77. The number of carbonyl (C=O) groups excluding carboxylic acids is 1. The van der Waals surface area contributed by atoms with Crippen LogP contribution in [0, 0.1) is 6.92 Å². The van der Waals surface area contributed by atoms with Crippen molar-refractivity contribution in [2.24, 2.45) is 0 Å². The molecule has 0 atom stereocenters. The molecule has 3 aromatic carbocycles. The number of hydrogen-bond acceptors (Lipinski definition) is 2. The van der Waals surface area contributed by atoms with Gasteiger partial charge < -0.3 is 5.32 Å². The molecule has 1 heterocycles. The van der Waals surface area contributed by atoms with Crippen molar-refractivity contribution in [3.63, 3.8) is 0 Å². The van der Waals surface area contributed by atoms with Crippen LogP contribution in [0.15, 0.2) is 91.0 Å². The van der Waals surface area contributed by atoms with Crippen LogP contribution in [0.3, 0.4) is 0 Å². The number of nitrogens with one attached hydrogen (secondary N) is 1. The van der Waals surface area contributed by atoms with E-state index < -0.39 is 0 Å². The Balaban J connectivity index is 1.61. The van der Waals surface area contributed by atoms with Gasteiger partial charge in [-0.15, -0.1) is 0 Å². The van der Waals surface area contributed by atoms with Crippen LogP contribution in [-0.2, 0) is 6.42 Å². The minimum Gasteiger partial charge on any atom is -0.350 e. The number of hydrogen-bond donors (Lipinski definition) is 1. The molecule has 4 aromatic rings. The largest absolute Gasteiger partial charge is 0.350 e. The highest BCUT2D eigenvalue weighted by Crippen LogP contribution is 2.22. The van der Waals surface area contributed by atoms with Crippen molar-refractivity contribution in [1.29, 1.82) is 0 Å². The molecule has 0 aliphatic rings. The predicted molar refractivity (Wildman–Crippen MR) is 116 cm³/mol. The van der Waals surface area contributed by atoms with Crippen LogP contribution < -0.4 is 5.32 Å². The van der Waals surface area contributed by atoms with Crippen LogP contribution in [0.1, 0.15) is 21.6 Å². The van der Waals surface area contributed by atoms with Gasteiger partial charge >= 0.3 is 0 Å². The van der Waals surface area contributed by atoms with Crippen molar-refractivity contribution in [2.75, 3.05) is 6.54 Å². The lowest BCUT2D eigenvalue weighted by molar-refractivity contribution is 0.0946. The molecule has 1 aromatic heterocycles. The van der Waals surface area contributed by atoms with Gasteiger partial charge in [0.1, 0.15) is 5.69 Å². The molecule has 4 nitrogen and oxygen atoms in total. The van der Waals surface area contributed by atoms with Crippen LogP contribution in [0.25, 0.3) is 16.9 Å². The Morgan fingerprint density at radius 1 is 0.897 bits per heavy atom. The van der Waals surface area contributed by atoms with E-state index >= 15 is 0 Å². The van der Waals surface area contributed by atoms with Gasteiger partial charge in [0, 0.05) is 12.1 Å². The predicted octanol–water partition coefficient (Wildman–Crippen LogP) is 4.82. The van der Waals surface area contributed by atoms with Gasteiger partial charge in [0.15, 0.2) is 0 Å². The van der Waals surface area contributed by atoms with Crippen molar-refractivity contribution >= 4 is 5.91 Å². The molecule has 144 valence electrons. The van der Waals surface area contributed by atoms with Gasteiger partial charge in [-0.25, -0.2) is 4.68 Å². The maximum Gasteiger partial charge on any atom is 0.270 e. The summed E-state index contributed by atoms with van der Waals surface area (Å²) in [5.41, 5.74) is 5.49. The molecule has 0 aliphatic heterocycles. The Hall–Kier alpha value is -3.66. The SMILES string of the molecule is Cc1cccc(-n2nc(-c3ccccc3)cc2C(=O)NCCc2ccccc2)c1. The van der Waals surface area contributed by atoms with E-state index in [-0.39, 0.29) is 5.91 Å². The fraction of sp³-hybridized carbons (Fsp3) is 0.120. The molecular weight excluding hydrogens is 358 g/mol. The third-order valence-electron chi connectivity index (χ3n) is 4.80. The maximum absolute atomic E-state index is 13.0. The van der Waals surface area contributed by atoms with E-state index in [4.69, 9.17) is 5.10 Å². The number of amides is 1. The molecule has 1 amide bonds. The average molecular weight is 381 g/mol. The fourth-order valence-electron chi connectivity index (χ4n) is 3.30. The molecule has 0 spiro atoms. The molecule has 0 fully saturated rings. The highest BCUT2D eigenvalue weighted by atomic mass is 16.2. The minimum atomic E-state index is -0.128. The number of benzene rings is 3. The van der Waals surface area contributed by atoms with Gasteiger partial charge in [0.2, 0.25) is 0 Å². The first-order valence-corrected chi connectivity index (χ1v) is 9.75. The first-order valence-electron chi connectivity index (χ1n) is 9.75. The van der Waals surface area contributed by atoms with E-state index in [1.165, 1.54) is 5.56 Å². The second kappa shape index (κ2) is 8.57. The molecule has 0 radical (unpaired) electrons. The van der Waals surface area contributed by atoms with Crippen LogP contribution >= 0.6 is 0 Å². The third kappa shape index (κ3) is 4.43. The molecule has 0 saturated heterocycles. The second-order valence-corrected chi connectivity index (χ2v) is 7.02. The summed E-state index contributed by atoms with van der Waals surface area (Å²) in [6.07, 6.45) is 0.788. The molecule has 4 rings (SSSR count). The molecule has 0 saturated carbocycles. The van der Waals surface area contributed by atoms with Gasteiger partial charge in [-0.3, -0.25) is 4.79 Å². The van der Waals surface area contributed by atoms with Crippen LogP contribution in [-0.4, -0.2) is 22.2 Å². The van der Waals surface area contributed by atoms with Gasteiger partial charge in [-0.1, -0.05) is 72.8 Å². The molecule has 0 unspecified atom stereocenters. The summed E-state index contributed by atoms with van der Waals surface area (Å²) in [5.74, 6) is -0.128. The molecule has 4 heteroatoms. The number of nitrogens with zero attached hydrogens (tertiary/aromatic N) is 2. The summed E-state index contributed by atoms with van der Waals surface area (Å²) < 4.78 is 1.73. The van der Waals surface area contributed by atoms with Gasteiger partial charge in [-0.05, 0) is 42.7 Å². The smallest absolute Gasteiger partial charge is 0.270 e. The number of carbonyl (C=O) groups is 1. The van der Waals surface area contributed by atoms with Crippen LogP contribution in [0.2, 0.25) is 0 Å². The minimum absolute atomic E-state index is 0.128. The summed E-state index contributed by atoms with van der Waals surface area (Å²) in [6, 6.07) is 29.9. The highest BCUT2D eigenvalue weighted by Gasteiger charge is 2.17. The Morgan fingerprint density at radius 3 is 2.34 bits per heavy atom. The van der Waals surface area contributed by atoms with E-state index in [1.54, 1.807) is 4.68 Å². The lowest BCUT2D eigenvalue weighted by Gasteiger charge is -2.09. The Kier molecular flexibility index (Phi) is 5.52. The molecule has 0 bridgehead atoms. The van der Waals surface area contributed by atoms with Gasteiger partial charge in [-0.2, -0.15) is 5.10 Å². The van der Waals surface area contributed by atoms with E-state index in [0.717, 1.165) is 28.9 Å². The van der Waals surface area contributed by atoms with Gasteiger partial charge in [0.05, 0.1) is 11.4 Å². The first-order chi connectivity index (χ1) is 14.2. The number of aryl methyl sites for hydroxylation is 1. The zero-order chi connectivity index (χ0) is 20.1. The second-order valence-electron chi connectivity index (χ2n) is 7.02. The normalized spacial score (nSPS) is 10.7. The monoisotopic (exact) mass is 381 g/mol. The lowest BCUT2D eigenvalue weighted by atomic mass is 10.1. The summed E-state index contributed by atoms with van der Waals surface area (Å²) in [6.45, 7) is 2.60. The third-order valence-corrected chi connectivity index (χ3v) is 4.80. The molecule has 1 N–H and O–H groups in total. The van der Waals surface area contributed by atoms with Crippen LogP contribution in [0.5, 0.6) is 0 Å². The van der Waals surface area contributed by atoms with Crippen LogP contribution in [0.4, 0.5) is 0 Å². The topological polar surface area (TPSA) is 46.9 Å². The Labute approximate surface area is 170 Å². The summed E-state index contributed by atoms with van der Waals surface area (Å²) in [4.78, 5) is 13.0. The van der Waals surface area contributed by atoms with Crippen molar-refractivity contribution < 1.29 is 4.79 Å². The van der Waals surface area contributed by atoms with Crippen molar-refractivity contribution in [3.05, 3.63) is 108 Å². The fourth-order valence-corrected chi connectivity index (χ4v) is 3.30. The zero-order valence-electron chi connectivity index (χ0n) is 16.4. The Morgan fingerprint density at radius 2 is 1.62 bits per heavy atom. The molecule has 29 heavy (non-hydrogen) atoms. The first kappa shape index (κ1) is 18.7. The Bertz CT molecular complexity index is 1100. The van der Waals surface area contributed by atoms with E-state index in [2.05, 4.69) is 17.4 Å². The average Bonchev–Trinajstić information content (AvgIpc) is 3.21. The van der Waals surface area contributed by atoms with E-state index in [9.17, 15) is 4.79 Å².